The van der Waals surface area contributed by atoms with Crippen LogP contribution in [0.15, 0.2) is 12.1 Å². The van der Waals surface area contributed by atoms with Crippen LogP contribution < -0.4 is 4.74 Å². The highest BCUT2D eigenvalue weighted by Crippen LogP contribution is 2.43. The topological polar surface area (TPSA) is 29.5 Å². The Labute approximate surface area is 110 Å². The van der Waals surface area contributed by atoms with E-state index in [1.165, 1.54) is 11.1 Å². The van der Waals surface area contributed by atoms with Gasteiger partial charge in [0.05, 0.1) is 0 Å². The molecular formula is C16H24O2. The first-order valence-corrected chi connectivity index (χ1v) is 6.60. The van der Waals surface area contributed by atoms with Crippen LogP contribution in [0.1, 0.15) is 64.3 Å². The van der Waals surface area contributed by atoms with Crippen molar-refractivity contribution in [3.05, 3.63) is 28.8 Å². The number of rotatable bonds is 0. The van der Waals surface area contributed by atoms with Crippen LogP contribution in [-0.4, -0.2) is 11.7 Å². The van der Waals surface area contributed by atoms with Gasteiger partial charge in [0.15, 0.2) is 0 Å². The summed E-state index contributed by atoms with van der Waals surface area (Å²) in [5.74, 6) is 0.892. The van der Waals surface area contributed by atoms with Gasteiger partial charge in [-0.1, -0.05) is 47.6 Å². The van der Waals surface area contributed by atoms with Gasteiger partial charge in [0.1, 0.15) is 18.5 Å². The molecule has 1 aliphatic rings. The van der Waals surface area contributed by atoms with Gasteiger partial charge in [-0.3, -0.25) is 0 Å². The van der Waals surface area contributed by atoms with Gasteiger partial charge >= 0.3 is 0 Å². The largest absolute Gasteiger partial charge is 0.490 e. The fourth-order valence-electron chi connectivity index (χ4n) is 2.30. The Hall–Kier alpha value is -1.02. The minimum Gasteiger partial charge on any atom is -0.490 e. The zero-order chi connectivity index (χ0) is 13.7. The third kappa shape index (κ3) is 2.26. The van der Waals surface area contributed by atoms with Crippen LogP contribution in [0.5, 0.6) is 5.75 Å². The lowest BCUT2D eigenvalue weighted by molar-refractivity contribution is 0.140. The number of aliphatic hydroxyl groups excluding tert-OH is 1. The predicted octanol–water partition coefficient (Wildman–Crippen LogP) is 3.71. The minimum atomic E-state index is -0.483. The normalized spacial score (nSPS) is 19.6. The summed E-state index contributed by atoms with van der Waals surface area (Å²) in [7, 11) is 0. The summed E-state index contributed by atoms with van der Waals surface area (Å²) < 4.78 is 5.69. The molecule has 100 valence electrons. The molecule has 1 aliphatic heterocycles. The van der Waals surface area contributed by atoms with Crippen LogP contribution in [0.2, 0.25) is 0 Å². The first-order chi connectivity index (χ1) is 8.10. The van der Waals surface area contributed by atoms with Crippen molar-refractivity contribution in [3.63, 3.8) is 0 Å². The van der Waals surface area contributed by atoms with Crippen molar-refractivity contribution >= 4 is 0 Å². The lowest BCUT2D eigenvalue weighted by Crippen LogP contribution is -2.17. The molecule has 0 saturated carbocycles. The monoisotopic (exact) mass is 248 g/mol. The third-order valence-electron chi connectivity index (χ3n) is 3.54. The van der Waals surface area contributed by atoms with Crippen LogP contribution in [0.3, 0.4) is 0 Å². The Bertz CT molecular complexity index is 461. The van der Waals surface area contributed by atoms with Gasteiger partial charge in [0, 0.05) is 11.1 Å². The lowest BCUT2D eigenvalue weighted by atomic mass is 9.79. The maximum atomic E-state index is 10.0. The van der Waals surface area contributed by atoms with Crippen molar-refractivity contribution in [3.8, 4) is 5.75 Å². The number of fused-ring (bicyclic) bond motifs is 1. The molecule has 2 nitrogen and oxygen atoms in total. The van der Waals surface area contributed by atoms with Gasteiger partial charge in [-0.15, -0.1) is 0 Å². The standard InChI is InChI=1S/C16H24O2/c1-15(2,3)10-7-11-13(17)9-18-14(11)12(8-10)16(4,5)6/h7-8,13,17H,9H2,1-6H3. The molecule has 1 atom stereocenters. The molecule has 1 aromatic rings. The molecule has 2 rings (SSSR count). The third-order valence-corrected chi connectivity index (χ3v) is 3.54. The van der Waals surface area contributed by atoms with E-state index in [0.29, 0.717) is 6.61 Å². The number of ether oxygens (including phenoxy) is 1. The van der Waals surface area contributed by atoms with E-state index >= 15 is 0 Å². The van der Waals surface area contributed by atoms with Crippen molar-refractivity contribution in [1.82, 2.24) is 0 Å². The van der Waals surface area contributed by atoms with E-state index in [2.05, 4.69) is 53.7 Å². The molecule has 0 radical (unpaired) electrons. The molecule has 0 aliphatic carbocycles. The van der Waals surface area contributed by atoms with Crippen LogP contribution in [0.25, 0.3) is 0 Å². The van der Waals surface area contributed by atoms with E-state index in [1.807, 2.05) is 0 Å². The van der Waals surface area contributed by atoms with Gasteiger partial charge in [-0.2, -0.15) is 0 Å². The first-order valence-electron chi connectivity index (χ1n) is 6.60. The van der Waals surface area contributed by atoms with Crippen molar-refractivity contribution in [2.45, 2.75) is 58.5 Å². The Morgan fingerprint density at radius 2 is 1.67 bits per heavy atom. The molecule has 0 aromatic heterocycles. The molecule has 0 bridgehead atoms. The summed E-state index contributed by atoms with van der Waals surface area (Å²) in [6, 6.07) is 4.33. The molecular weight excluding hydrogens is 224 g/mol. The molecule has 0 fully saturated rings. The number of hydrogen-bond acceptors (Lipinski definition) is 2. The van der Waals surface area contributed by atoms with Gasteiger partial charge in [0.2, 0.25) is 0 Å². The summed E-state index contributed by atoms with van der Waals surface area (Å²) in [5, 5.41) is 10.0. The van der Waals surface area contributed by atoms with Crippen molar-refractivity contribution in [2.24, 2.45) is 0 Å². The molecule has 2 heteroatoms. The SMILES string of the molecule is CC(C)(C)c1cc2c(c(C(C)(C)C)c1)OCC2O. The van der Waals surface area contributed by atoms with Crippen molar-refractivity contribution < 1.29 is 9.84 Å². The van der Waals surface area contributed by atoms with Crippen LogP contribution in [-0.2, 0) is 10.8 Å². The second kappa shape index (κ2) is 3.99. The molecule has 1 N–H and O–H groups in total. The minimum absolute atomic E-state index is 0.0232. The summed E-state index contributed by atoms with van der Waals surface area (Å²) in [5.41, 5.74) is 3.51. The molecule has 1 unspecified atom stereocenters. The fraction of sp³-hybridized carbons (Fsp3) is 0.625. The molecule has 1 heterocycles. The summed E-state index contributed by atoms with van der Waals surface area (Å²) >= 11 is 0. The quantitative estimate of drug-likeness (QED) is 0.758. The van der Waals surface area contributed by atoms with Gasteiger partial charge in [0.25, 0.3) is 0 Å². The Balaban J connectivity index is 2.67. The Kier molecular flexibility index (Phi) is 2.97. The average Bonchev–Trinajstić information content (AvgIpc) is 2.56. The fourth-order valence-corrected chi connectivity index (χ4v) is 2.30. The highest BCUT2D eigenvalue weighted by atomic mass is 16.5. The molecule has 0 spiro atoms. The number of aliphatic hydroxyl groups is 1. The van der Waals surface area contributed by atoms with Gasteiger partial charge in [-0.25, -0.2) is 0 Å². The van der Waals surface area contributed by atoms with Crippen molar-refractivity contribution in [2.75, 3.05) is 6.61 Å². The van der Waals surface area contributed by atoms with Crippen LogP contribution >= 0.6 is 0 Å². The first kappa shape index (κ1) is 13.4. The van der Waals surface area contributed by atoms with Crippen molar-refractivity contribution in [1.29, 1.82) is 0 Å². The zero-order valence-electron chi connectivity index (χ0n) is 12.3. The second-order valence-electron chi connectivity index (χ2n) is 7.27. The molecule has 0 amide bonds. The number of hydrogen-bond donors (Lipinski definition) is 1. The van der Waals surface area contributed by atoms with E-state index in [-0.39, 0.29) is 10.8 Å². The average molecular weight is 248 g/mol. The highest BCUT2D eigenvalue weighted by Gasteiger charge is 2.31. The van der Waals surface area contributed by atoms with E-state index in [9.17, 15) is 5.11 Å². The summed E-state index contributed by atoms with van der Waals surface area (Å²) in [4.78, 5) is 0. The lowest BCUT2D eigenvalue weighted by Gasteiger charge is -2.27. The van der Waals surface area contributed by atoms with E-state index in [4.69, 9.17) is 4.74 Å². The van der Waals surface area contributed by atoms with E-state index < -0.39 is 6.10 Å². The summed E-state index contributed by atoms with van der Waals surface area (Å²) in [6.45, 7) is 13.5. The van der Waals surface area contributed by atoms with E-state index in [0.717, 1.165) is 11.3 Å². The molecule has 0 saturated heterocycles. The predicted molar refractivity (Wildman–Crippen MR) is 74.3 cm³/mol. The zero-order valence-corrected chi connectivity index (χ0v) is 12.3. The van der Waals surface area contributed by atoms with Crippen LogP contribution in [0.4, 0.5) is 0 Å². The van der Waals surface area contributed by atoms with E-state index in [1.54, 1.807) is 0 Å². The Morgan fingerprint density at radius 1 is 1.06 bits per heavy atom. The summed E-state index contributed by atoms with van der Waals surface area (Å²) in [6.07, 6.45) is -0.483. The number of benzene rings is 1. The smallest absolute Gasteiger partial charge is 0.129 e. The Morgan fingerprint density at radius 3 is 2.17 bits per heavy atom. The maximum absolute atomic E-state index is 10.0. The molecule has 1 aromatic carbocycles. The van der Waals surface area contributed by atoms with Crippen LogP contribution in [0, 0.1) is 0 Å². The maximum Gasteiger partial charge on any atom is 0.129 e. The van der Waals surface area contributed by atoms with Gasteiger partial charge in [-0.05, 0) is 22.5 Å². The molecule has 18 heavy (non-hydrogen) atoms. The second-order valence-corrected chi connectivity index (χ2v) is 7.27. The highest BCUT2D eigenvalue weighted by molar-refractivity contribution is 5.52. The van der Waals surface area contributed by atoms with Gasteiger partial charge < -0.3 is 9.84 Å².